The highest BCUT2D eigenvalue weighted by Crippen LogP contribution is 2.14. The quantitative estimate of drug-likeness (QED) is 0.149. The van der Waals surface area contributed by atoms with E-state index in [1.807, 2.05) is 5.06 Å². The summed E-state index contributed by atoms with van der Waals surface area (Å²) < 4.78 is 0. The number of hydroxylamine groups is 2. The van der Waals surface area contributed by atoms with Crippen LogP contribution < -0.4 is 0 Å². The molecule has 162 valence electrons. The average molecular weight is 384 g/mol. The summed E-state index contributed by atoms with van der Waals surface area (Å²) in [5.74, 6) is -0.0494. The summed E-state index contributed by atoms with van der Waals surface area (Å²) >= 11 is 0. The second kappa shape index (κ2) is 21.7. The third-order valence-corrected chi connectivity index (χ3v) is 5.16. The van der Waals surface area contributed by atoms with Crippen molar-refractivity contribution in [3.05, 3.63) is 0 Å². The third-order valence-electron chi connectivity index (χ3n) is 5.16. The van der Waals surface area contributed by atoms with Crippen molar-refractivity contribution in [1.29, 1.82) is 0 Å². The fourth-order valence-corrected chi connectivity index (χ4v) is 3.53. The fraction of sp³-hybridized carbons (Fsp3) is 0.958. The highest BCUT2D eigenvalue weighted by molar-refractivity contribution is 5.68. The number of nitrogens with zero attached hydrogens (tertiary/aromatic N) is 1. The SMILES string of the molecule is CCCCCCCCCCCCCCCCCC(=O)ON(CCC)CCC. The van der Waals surface area contributed by atoms with E-state index in [0.29, 0.717) is 6.42 Å². The zero-order valence-corrected chi connectivity index (χ0v) is 18.9. The van der Waals surface area contributed by atoms with Crippen molar-refractivity contribution in [1.82, 2.24) is 5.06 Å². The standard InChI is InChI=1S/C24H49NO2/c1-4-7-8-9-10-11-12-13-14-15-16-17-18-19-20-21-24(26)27-25(22-5-2)23-6-3/h4-23H2,1-3H3. The summed E-state index contributed by atoms with van der Waals surface area (Å²) in [7, 11) is 0. The first-order valence-corrected chi connectivity index (χ1v) is 12.2. The van der Waals surface area contributed by atoms with Gasteiger partial charge in [0.2, 0.25) is 0 Å². The monoisotopic (exact) mass is 383 g/mol. The van der Waals surface area contributed by atoms with Crippen LogP contribution in [0.5, 0.6) is 0 Å². The van der Waals surface area contributed by atoms with Crippen LogP contribution in [0, 0.1) is 0 Å². The van der Waals surface area contributed by atoms with Crippen LogP contribution in [-0.2, 0) is 9.63 Å². The number of rotatable bonds is 21. The molecule has 0 heterocycles. The van der Waals surface area contributed by atoms with E-state index in [9.17, 15) is 4.79 Å². The van der Waals surface area contributed by atoms with E-state index in [4.69, 9.17) is 4.84 Å². The lowest BCUT2D eigenvalue weighted by Gasteiger charge is -2.19. The summed E-state index contributed by atoms with van der Waals surface area (Å²) in [6.45, 7) is 8.21. The Hall–Kier alpha value is -0.570. The Bertz CT molecular complexity index is 301. The number of carbonyl (C=O) groups excluding carboxylic acids is 1. The molecule has 0 N–H and O–H groups in total. The fourth-order valence-electron chi connectivity index (χ4n) is 3.53. The molecule has 0 atom stereocenters. The molecule has 0 radical (unpaired) electrons. The number of carbonyl (C=O) groups is 1. The van der Waals surface area contributed by atoms with Gasteiger partial charge in [-0.25, -0.2) is 0 Å². The van der Waals surface area contributed by atoms with Gasteiger partial charge in [-0.15, -0.1) is 5.06 Å². The smallest absolute Gasteiger partial charge is 0.325 e. The largest absolute Gasteiger partial charge is 0.368 e. The van der Waals surface area contributed by atoms with Gasteiger partial charge in [-0.1, -0.05) is 111 Å². The topological polar surface area (TPSA) is 29.5 Å². The van der Waals surface area contributed by atoms with Crippen molar-refractivity contribution in [3.8, 4) is 0 Å². The van der Waals surface area contributed by atoms with Crippen LogP contribution in [0.3, 0.4) is 0 Å². The van der Waals surface area contributed by atoms with Crippen LogP contribution in [0.15, 0.2) is 0 Å². The minimum atomic E-state index is -0.0494. The normalized spacial score (nSPS) is 11.3. The van der Waals surface area contributed by atoms with Crippen molar-refractivity contribution in [3.63, 3.8) is 0 Å². The molecule has 0 bridgehead atoms. The predicted octanol–water partition coefficient (Wildman–Crippen LogP) is 7.83. The van der Waals surface area contributed by atoms with E-state index in [-0.39, 0.29) is 5.97 Å². The van der Waals surface area contributed by atoms with Crippen LogP contribution in [0.4, 0.5) is 0 Å². The first-order valence-electron chi connectivity index (χ1n) is 12.2. The van der Waals surface area contributed by atoms with E-state index in [0.717, 1.165) is 38.8 Å². The zero-order chi connectivity index (χ0) is 20.0. The third kappa shape index (κ3) is 20.0. The van der Waals surface area contributed by atoms with Gasteiger partial charge in [0.25, 0.3) is 0 Å². The van der Waals surface area contributed by atoms with Crippen molar-refractivity contribution < 1.29 is 9.63 Å². The molecule has 0 aliphatic rings. The predicted molar refractivity (Wildman–Crippen MR) is 118 cm³/mol. The second-order valence-corrected chi connectivity index (χ2v) is 8.09. The maximum absolute atomic E-state index is 11.9. The van der Waals surface area contributed by atoms with Crippen molar-refractivity contribution in [2.24, 2.45) is 0 Å². The number of hydrogen-bond acceptors (Lipinski definition) is 3. The molecular formula is C24H49NO2. The average Bonchev–Trinajstić information content (AvgIpc) is 2.65. The van der Waals surface area contributed by atoms with Crippen LogP contribution in [0.1, 0.15) is 136 Å². The molecule has 0 aromatic carbocycles. The molecule has 0 saturated heterocycles. The molecule has 0 saturated carbocycles. The van der Waals surface area contributed by atoms with Gasteiger partial charge >= 0.3 is 5.97 Å². The summed E-state index contributed by atoms with van der Waals surface area (Å²) in [5, 5.41) is 1.83. The molecule has 0 amide bonds. The van der Waals surface area contributed by atoms with Crippen molar-refractivity contribution in [2.75, 3.05) is 13.1 Å². The highest BCUT2D eigenvalue weighted by Gasteiger charge is 2.09. The zero-order valence-electron chi connectivity index (χ0n) is 18.9. The maximum Gasteiger partial charge on any atom is 0.325 e. The molecule has 3 nitrogen and oxygen atoms in total. The Balaban J connectivity index is 3.29. The Morgan fingerprint density at radius 1 is 0.556 bits per heavy atom. The molecule has 0 rings (SSSR count). The molecular weight excluding hydrogens is 334 g/mol. The van der Waals surface area contributed by atoms with Gasteiger partial charge in [0.05, 0.1) is 0 Å². The van der Waals surface area contributed by atoms with Gasteiger partial charge in [-0.3, -0.25) is 4.79 Å². The Labute approximate surface area is 170 Å². The number of hydrogen-bond donors (Lipinski definition) is 0. The maximum atomic E-state index is 11.9. The van der Waals surface area contributed by atoms with Crippen LogP contribution in [-0.4, -0.2) is 24.1 Å². The summed E-state index contributed by atoms with van der Waals surface area (Å²) in [6, 6.07) is 0. The summed E-state index contributed by atoms with van der Waals surface area (Å²) in [6.07, 6.45) is 22.9. The molecule has 0 aromatic heterocycles. The van der Waals surface area contributed by atoms with Gasteiger partial charge in [-0.05, 0) is 19.3 Å². The van der Waals surface area contributed by atoms with Crippen LogP contribution in [0.25, 0.3) is 0 Å². The Kier molecular flexibility index (Phi) is 21.3. The minimum Gasteiger partial charge on any atom is -0.368 e. The van der Waals surface area contributed by atoms with E-state index < -0.39 is 0 Å². The molecule has 0 unspecified atom stereocenters. The molecule has 27 heavy (non-hydrogen) atoms. The molecule has 3 heteroatoms. The number of unbranched alkanes of at least 4 members (excludes halogenated alkanes) is 14. The minimum absolute atomic E-state index is 0.0494. The Morgan fingerprint density at radius 2 is 0.926 bits per heavy atom. The van der Waals surface area contributed by atoms with E-state index in [1.165, 1.54) is 83.5 Å². The van der Waals surface area contributed by atoms with Gasteiger partial charge < -0.3 is 4.84 Å². The molecule has 0 aliphatic carbocycles. The van der Waals surface area contributed by atoms with Crippen molar-refractivity contribution in [2.45, 2.75) is 136 Å². The lowest BCUT2D eigenvalue weighted by Crippen LogP contribution is -2.28. The second-order valence-electron chi connectivity index (χ2n) is 8.09. The van der Waals surface area contributed by atoms with E-state index >= 15 is 0 Å². The highest BCUT2D eigenvalue weighted by atomic mass is 16.7. The van der Waals surface area contributed by atoms with Gasteiger partial charge in [0.1, 0.15) is 0 Å². The molecule has 0 fully saturated rings. The first-order chi connectivity index (χ1) is 13.2. The molecule has 0 aromatic rings. The van der Waals surface area contributed by atoms with Crippen LogP contribution in [0.2, 0.25) is 0 Å². The Morgan fingerprint density at radius 3 is 1.30 bits per heavy atom. The molecule has 0 aliphatic heterocycles. The van der Waals surface area contributed by atoms with Gasteiger partial charge in [-0.2, -0.15) is 0 Å². The van der Waals surface area contributed by atoms with Crippen LogP contribution >= 0.6 is 0 Å². The van der Waals surface area contributed by atoms with Gasteiger partial charge in [0.15, 0.2) is 0 Å². The summed E-state index contributed by atoms with van der Waals surface area (Å²) in [4.78, 5) is 17.3. The summed E-state index contributed by atoms with van der Waals surface area (Å²) in [5.41, 5.74) is 0. The lowest BCUT2D eigenvalue weighted by molar-refractivity contribution is -0.191. The first kappa shape index (κ1) is 26.4. The van der Waals surface area contributed by atoms with E-state index in [2.05, 4.69) is 20.8 Å². The lowest BCUT2D eigenvalue weighted by atomic mass is 10.0. The van der Waals surface area contributed by atoms with Crippen molar-refractivity contribution >= 4 is 5.97 Å². The molecule has 0 spiro atoms. The van der Waals surface area contributed by atoms with Gasteiger partial charge in [0, 0.05) is 19.5 Å². The van der Waals surface area contributed by atoms with E-state index in [1.54, 1.807) is 0 Å².